The Bertz CT molecular complexity index is 683. The molecule has 0 amide bonds. The first-order valence-electron chi connectivity index (χ1n) is 7.56. The van der Waals surface area contributed by atoms with E-state index in [2.05, 4.69) is 5.32 Å². The number of hydrogen-bond acceptors (Lipinski definition) is 6. The highest BCUT2D eigenvalue weighted by atomic mass is 35.5. The topological polar surface area (TPSA) is 73.9 Å². The molecule has 0 saturated carbocycles. The normalized spacial score (nSPS) is 27.7. The Kier molecular flexibility index (Phi) is 4.64. The zero-order chi connectivity index (χ0) is 17.4. The lowest BCUT2D eigenvalue weighted by Gasteiger charge is -2.45. The first-order valence-corrected chi connectivity index (χ1v) is 7.94. The van der Waals surface area contributed by atoms with Crippen LogP contribution in [-0.2, 0) is 23.8 Å². The van der Waals surface area contributed by atoms with Crippen molar-refractivity contribution < 1.29 is 28.2 Å². The van der Waals surface area contributed by atoms with Crippen molar-refractivity contribution in [1.82, 2.24) is 0 Å². The van der Waals surface area contributed by atoms with Gasteiger partial charge >= 0.3 is 11.9 Å². The molecule has 1 N–H and O–H groups in total. The van der Waals surface area contributed by atoms with Crippen LogP contribution in [0.25, 0.3) is 0 Å². The fraction of sp³-hybridized carbons (Fsp3) is 0.500. The standard InChI is InChI=1S/C16H17ClFNO5/c1-7(20)22-6-15-16(23-8(2)21)13-5-14(24-15)9-3-10(17)11(18)4-12(9)19-13/h3-4,13-16,19H,5-6H2,1-2H3/t13-,14-,15+,16-/m0/s1. The Hall–Kier alpha value is -1.86. The monoisotopic (exact) mass is 357 g/mol. The number of fused-ring (bicyclic) bond motifs is 4. The molecule has 1 fully saturated rings. The van der Waals surface area contributed by atoms with Gasteiger partial charge < -0.3 is 19.5 Å². The molecule has 6 nitrogen and oxygen atoms in total. The Morgan fingerprint density at radius 1 is 1.38 bits per heavy atom. The maximum Gasteiger partial charge on any atom is 0.303 e. The molecule has 2 aliphatic rings. The van der Waals surface area contributed by atoms with Crippen molar-refractivity contribution in [2.45, 2.75) is 44.6 Å². The van der Waals surface area contributed by atoms with Gasteiger partial charge in [-0.25, -0.2) is 4.39 Å². The predicted octanol–water partition coefficient (Wildman–Crippen LogP) is 2.60. The van der Waals surface area contributed by atoms with E-state index < -0.39 is 30.0 Å². The molecule has 0 radical (unpaired) electrons. The van der Waals surface area contributed by atoms with E-state index in [-0.39, 0.29) is 23.8 Å². The third-order valence-electron chi connectivity index (χ3n) is 4.10. The van der Waals surface area contributed by atoms with Crippen LogP contribution >= 0.6 is 11.6 Å². The molecule has 8 heteroatoms. The lowest BCUT2D eigenvalue weighted by molar-refractivity contribution is -0.185. The molecule has 4 atom stereocenters. The van der Waals surface area contributed by atoms with E-state index >= 15 is 0 Å². The number of esters is 2. The van der Waals surface area contributed by atoms with Crippen molar-refractivity contribution in [3.63, 3.8) is 0 Å². The minimum absolute atomic E-state index is 0.0104. The van der Waals surface area contributed by atoms with Crippen LogP contribution in [0.4, 0.5) is 10.1 Å². The summed E-state index contributed by atoms with van der Waals surface area (Å²) in [6.45, 7) is 2.55. The largest absolute Gasteiger partial charge is 0.463 e. The highest BCUT2D eigenvalue weighted by Gasteiger charge is 2.45. The number of rotatable bonds is 3. The van der Waals surface area contributed by atoms with Gasteiger partial charge in [0.05, 0.1) is 17.2 Å². The molecule has 0 spiro atoms. The van der Waals surface area contributed by atoms with E-state index in [1.54, 1.807) is 0 Å². The summed E-state index contributed by atoms with van der Waals surface area (Å²) in [5.41, 5.74) is 1.29. The van der Waals surface area contributed by atoms with E-state index in [4.69, 9.17) is 25.8 Å². The predicted molar refractivity (Wildman–Crippen MR) is 83.2 cm³/mol. The van der Waals surface area contributed by atoms with E-state index in [1.165, 1.54) is 26.0 Å². The van der Waals surface area contributed by atoms with Crippen LogP contribution in [0.5, 0.6) is 0 Å². The highest BCUT2D eigenvalue weighted by molar-refractivity contribution is 6.30. The van der Waals surface area contributed by atoms with Crippen LogP contribution in [0, 0.1) is 5.82 Å². The van der Waals surface area contributed by atoms with E-state index in [9.17, 15) is 14.0 Å². The maximum atomic E-state index is 13.7. The minimum Gasteiger partial charge on any atom is -0.463 e. The molecule has 24 heavy (non-hydrogen) atoms. The maximum absolute atomic E-state index is 13.7. The van der Waals surface area contributed by atoms with E-state index in [0.717, 1.165) is 5.56 Å². The summed E-state index contributed by atoms with van der Waals surface area (Å²) in [5.74, 6) is -1.46. The van der Waals surface area contributed by atoms with Gasteiger partial charge in [-0.1, -0.05) is 11.6 Å². The second-order valence-corrected chi connectivity index (χ2v) is 6.29. The summed E-state index contributed by atoms with van der Waals surface area (Å²) in [6, 6.07) is 2.55. The quantitative estimate of drug-likeness (QED) is 0.838. The van der Waals surface area contributed by atoms with Gasteiger partial charge in [-0.15, -0.1) is 0 Å². The van der Waals surface area contributed by atoms with Gasteiger partial charge in [0.1, 0.15) is 18.5 Å². The van der Waals surface area contributed by atoms with Gasteiger partial charge in [0.15, 0.2) is 6.10 Å². The molecule has 1 saturated heterocycles. The zero-order valence-corrected chi connectivity index (χ0v) is 13.9. The Morgan fingerprint density at radius 2 is 2.12 bits per heavy atom. The van der Waals surface area contributed by atoms with Crippen LogP contribution in [0.2, 0.25) is 5.02 Å². The highest BCUT2D eigenvalue weighted by Crippen LogP contribution is 2.43. The van der Waals surface area contributed by atoms with Crippen molar-refractivity contribution in [2.75, 3.05) is 11.9 Å². The first-order chi connectivity index (χ1) is 11.3. The van der Waals surface area contributed by atoms with Crippen molar-refractivity contribution in [2.24, 2.45) is 0 Å². The molecule has 0 aliphatic carbocycles. The molecule has 0 aromatic heterocycles. The molecule has 1 aromatic carbocycles. The number of benzene rings is 1. The van der Waals surface area contributed by atoms with Crippen molar-refractivity contribution >= 4 is 29.2 Å². The average molecular weight is 358 g/mol. The number of anilines is 1. The Morgan fingerprint density at radius 3 is 2.79 bits per heavy atom. The fourth-order valence-electron chi connectivity index (χ4n) is 3.15. The summed E-state index contributed by atoms with van der Waals surface area (Å²) >= 11 is 5.86. The summed E-state index contributed by atoms with van der Waals surface area (Å²) in [5, 5.41) is 3.18. The summed E-state index contributed by atoms with van der Waals surface area (Å²) in [4.78, 5) is 22.5. The van der Waals surface area contributed by atoms with Crippen molar-refractivity contribution in [3.05, 3.63) is 28.5 Å². The van der Waals surface area contributed by atoms with Gasteiger partial charge in [0, 0.05) is 31.5 Å². The second kappa shape index (κ2) is 6.57. The number of halogens is 2. The van der Waals surface area contributed by atoms with Crippen LogP contribution in [0.15, 0.2) is 12.1 Å². The minimum atomic E-state index is -0.648. The van der Waals surface area contributed by atoms with Crippen molar-refractivity contribution in [1.29, 1.82) is 0 Å². The van der Waals surface area contributed by atoms with Crippen molar-refractivity contribution in [3.8, 4) is 0 Å². The third kappa shape index (κ3) is 3.32. The van der Waals surface area contributed by atoms with Gasteiger partial charge in [-0.3, -0.25) is 9.59 Å². The average Bonchev–Trinajstić information content (AvgIpc) is 2.50. The number of carbonyl (C=O) groups excluding carboxylic acids is 2. The third-order valence-corrected chi connectivity index (χ3v) is 4.39. The SMILES string of the molecule is CC(=O)OC[C@H]1O[C@H]2C[C@H](Nc3cc(F)c(Cl)cc32)[C@@H]1OC(C)=O. The molecular formula is C16H17ClFNO5. The Labute approximate surface area is 143 Å². The lowest BCUT2D eigenvalue weighted by atomic mass is 9.87. The molecule has 2 aliphatic heterocycles. The number of carbonyl (C=O) groups is 2. The molecule has 130 valence electrons. The number of nitrogens with one attached hydrogen (secondary N) is 1. The lowest BCUT2D eigenvalue weighted by Crippen LogP contribution is -2.54. The van der Waals surface area contributed by atoms with Crippen LogP contribution < -0.4 is 5.32 Å². The molecule has 2 heterocycles. The summed E-state index contributed by atoms with van der Waals surface area (Å²) < 4.78 is 30.1. The van der Waals surface area contributed by atoms with Crippen LogP contribution in [0.3, 0.4) is 0 Å². The van der Waals surface area contributed by atoms with E-state index in [1.807, 2.05) is 0 Å². The van der Waals surface area contributed by atoms with Crippen LogP contribution in [0.1, 0.15) is 31.9 Å². The summed E-state index contributed by atoms with van der Waals surface area (Å²) in [7, 11) is 0. The fourth-order valence-corrected chi connectivity index (χ4v) is 3.32. The molecular weight excluding hydrogens is 341 g/mol. The number of hydrogen-bond donors (Lipinski definition) is 1. The smallest absolute Gasteiger partial charge is 0.303 e. The van der Waals surface area contributed by atoms with Crippen LogP contribution in [-0.4, -0.2) is 36.8 Å². The van der Waals surface area contributed by atoms with Gasteiger partial charge in [-0.2, -0.15) is 0 Å². The molecule has 2 bridgehead atoms. The molecule has 3 rings (SSSR count). The van der Waals surface area contributed by atoms with Gasteiger partial charge in [0.2, 0.25) is 0 Å². The molecule has 0 unspecified atom stereocenters. The Balaban J connectivity index is 1.90. The summed E-state index contributed by atoms with van der Waals surface area (Å²) in [6.07, 6.45) is -1.09. The zero-order valence-electron chi connectivity index (χ0n) is 13.2. The number of ether oxygens (including phenoxy) is 3. The van der Waals surface area contributed by atoms with Gasteiger partial charge in [-0.05, 0) is 12.1 Å². The second-order valence-electron chi connectivity index (χ2n) is 5.88. The first kappa shape index (κ1) is 17.0. The van der Waals surface area contributed by atoms with E-state index in [0.29, 0.717) is 12.1 Å². The van der Waals surface area contributed by atoms with Gasteiger partial charge in [0.25, 0.3) is 0 Å². The molecule has 1 aromatic rings.